The molecule has 0 bridgehead atoms. The van der Waals surface area contributed by atoms with Gasteiger partial charge in [-0.1, -0.05) is 15.9 Å². The molecule has 20 heavy (non-hydrogen) atoms. The van der Waals surface area contributed by atoms with Gasteiger partial charge in [-0.05, 0) is 37.6 Å². The first-order chi connectivity index (χ1) is 9.54. The molecule has 2 aromatic rings. The van der Waals surface area contributed by atoms with E-state index in [0.29, 0.717) is 18.2 Å². The summed E-state index contributed by atoms with van der Waals surface area (Å²) in [7, 11) is 0. The van der Waals surface area contributed by atoms with Crippen molar-refractivity contribution in [1.29, 1.82) is 0 Å². The van der Waals surface area contributed by atoms with E-state index >= 15 is 0 Å². The maximum Gasteiger partial charge on any atom is 0.218 e. The molecule has 2 rings (SSSR count). The van der Waals surface area contributed by atoms with Crippen LogP contribution in [0.1, 0.15) is 19.4 Å². The van der Waals surface area contributed by atoms with E-state index in [-0.39, 0.29) is 11.9 Å². The van der Waals surface area contributed by atoms with Crippen LogP contribution in [0.5, 0.6) is 5.88 Å². The van der Waals surface area contributed by atoms with Crippen LogP contribution in [0.25, 0.3) is 0 Å². The van der Waals surface area contributed by atoms with Gasteiger partial charge in [0.05, 0.1) is 6.10 Å². The Morgan fingerprint density at radius 2 is 2.10 bits per heavy atom. The summed E-state index contributed by atoms with van der Waals surface area (Å²) in [6.07, 6.45) is 1.48. The number of hydrogen-bond acceptors (Lipinski definition) is 4. The van der Waals surface area contributed by atoms with Crippen molar-refractivity contribution in [2.45, 2.75) is 26.5 Å². The van der Waals surface area contributed by atoms with Gasteiger partial charge in [0.2, 0.25) is 5.88 Å². The van der Waals surface area contributed by atoms with Crippen LogP contribution in [-0.4, -0.2) is 16.1 Å². The Hall–Kier alpha value is -1.69. The van der Waals surface area contributed by atoms with E-state index in [9.17, 15) is 4.39 Å². The zero-order chi connectivity index (χ0) is 14.5. The lowest BCUT2D eigenvalue weighted by Gasteiger charge is -2.11. The summed E-state index contributed by atoms with van der Waals surface area (Å²) in [5, 5.41) is 3.11. The molecule has 0 radical (unpaired) electrons. The van der Waals surface area contributed by atoms with Crippen LogP contribution in [0.3, 0.4) is 0 Å². The lowest BCUT2D eigenvalue weighted by molar-refractivity contribution is 0.232. The second-order valence-corrected chi connectivity index (χ2v) is 5.35. The Morgan fingerprint density at radius 3 is 2.85 bits per heavy atom. The highest BCUT2D eigenvalue weighted by Crippen LogP contribution is 2.19. The van der Waals surface area contributed by atoms with E-state index in [1.54, 1.807) is 12.1 Å². The summed E-state index contributed by atoms with van der Waals surface area (Å²) in [6, 6.07) is 6.28. The van der Waals surface area contributed by atoms with Gasteiger partial charge in [0, 0.05) is 17.1 Å². The number of halogens is 2. The molecule has 1 heterocycles. The average Bonchev–Trinajstić information content (AvgIpc) is 2.39. The minimum absolute atomic E-state index is 0.0510. The first-order valence-corrected chi connectivity index (χ1v) is 7.00. The standard InChI is InChI=1S/C14H15BrFN3O/c1-9(2)20-14-6-13(18-8-19-14)17-7-10-5-11(16)3-4-12(10)15/h3-6,8-9H,7H2,1-2H3,(H,17,18,19). The van der Waals surface area contributed by atoms with Crippen LogP contribution in [0, 0.1) is 5.82 Å². The number of nitrogens with one attached hydrogen (secondary N) is 1. The Kier molecular flexibility index (Phi) is 4.89. The lowest BCUT2D eigenvalue weighted by atomic mass is 10.2. The van der Waals surface area contributed by atoms with Gasteiger partial charge >= 0.3 is 0 Å². The van der Waals surface area contributed by atoms with E-state index in [1.807, 2.05) is 13.8 Å². The van der Waals surface area contributed by atoms with Gasteiger partial charge in [0.25, 0.3) is 0 Å². The summed E-state index contributed by atoms with van der Waals surface area (Å²) >= 11 is 3.39. The molecule has 6 heteroatoms. The normalized spacial score (nSPS) is 10.7. The summed E-state index contributed by atoms with van der Waals surface area (Å²) in [4.78, 5) is 8.13. The highest BCUT2D eigenvalue weighted by atomic mass is 79.9. The summed E-state index contributed by atoms with van der Waals surface area (Å²) in [5.41, 5.74) is 0.815. The zero-order valence-corrected chi connectivity index (χ0v) is 12.8. The van der Waals surface area contributed by atoms with Crippen molar-refractivity contribution in [2.24, 2.45) is 0 Å². The molecule has 106 valence electrons. The minimum Gasteiger partial charge on any atom is -0.475 e. The van der Waals surface area contributed by atoms with E-state index in [1.165, 1.54) is 18.5 Å². The molecule has 0 aliphatic carbocycles. The van der Waals surface area contributed by atoms with Crippen LogP contribution in [0.15, 0.2) is 35.1 Å². The zero-order valence-electron chi connectivity index (χ0n) is 11.2. The molecule has 0 spiro atoms. The number of ether oxygens (including phenoxy) is 1. The fourth-order valence-electron chi connectivity index (χ4n) is 1.61. The molecule has 0 saturated heterocycles. The first-order valence-electron chi connectivity index (χ1n) is 6.21. The highest BCUT2D eigenvalue weighted by molar-refractivity contribution is 9.10. The molecule has 1 aromatic heterocycles. The number of rotatable bonds is 5. The van der Waals surface area contributed by atoms with Gasteiger partial charge in [0.15, 0.2) is 0 Å². The predicted octanol–water partition coefficient (Wildman–Crippen LogP) is 3.78. The summed E-state index contributed by atoms with van der Waals surface area (Å²) in [6.45, 7) is 4.31. The third-order valence-corrected chi connectivity index (χ3v) is 3.24. The average molecular weight is 340 g/mol. The maximum atomic E-state index is 13.2. The smallest absolute Gasteiger partial charge is 0.218 e. The fraction of sp³-hybridized carbons (Fsp3) is 0.286. The molecule has 1 N–H and O–H groups in total. The number of nitrogens with zero attached hydrogens (tertiary/aromatic N) is 2. The van der Waals surface area contributed by atoms with Crippen molar-refractivity contribution in [2.75, 3.05) is 5.32 Å². The monoisotopic (exact) mass is 339 g/mol. The molecular formula is C14H15BrFN3O. The summed E-state index contributed by atoms with van der Waals surface area (Å²) in [5.74, 6) is 0.874. The van der Waals surface area contributed by atoms with Crippen molar-refractivity contribution in [3.8, 4) is 5.88 Å². The Labute approximate surface area is 125 Å². The molecule has 0 unspecified atom stereocenters. The van der Waals surface area contributed by atoms with Crippen molar-refractivity contribution < 1.29 is 9.13 Å². The molecular weight excluding hydrogens is 325 g/mol. The van der Waals surface area contributed by atoms with Gasteiger partial charge in [0.1, 0.15) is 18.0 Å². The molecule has 1 aromatic carbocycles. The second-order valence-electron chi connectivity index (χ2n) is 4.50. The van der Waals surface area contributed by atoms with Crippen LogP contribution in [-0.2, 0) is 6.54 Å². The Morgan fingerprint density at radius 1 is 1.30 bits per heavy atom. The molecule has 0 aliphatic heterocycles. The quantitative estimate of drug-likeness (QED) is 0.900. The largest absolute Gasteiger partial charge is 0.475 e. The van der Waals surface area contributed by atoms with Gasteiger partial charge < -0.3 is 10.1 Å². The van der Waals surface area contributed by atoms with Crippen molar-refractivity contribution in [1.82, 2.24) is 9.97 Å². The fourth-order valence-corrected chi connectivity index (χ4v) is 1.99. The lowest BCUT2D eigenvalue weighted by Crippen LogP contribution is -2.08. The molecule has 4 nitrogen and oxygen atoms in total. The van der Waals surface area contributed by atoms with Gasteiger partial charge in [-0.15, -0.1) is 0 Å². The molecule has 0 fully saturated rings. The topological polar surface area (TPSA) is 47.0 Å². The maximum absolute atomic E-state index is 13.2. The SMILES string of the molecule is CC(C)Oc1cc(NCc2cc(F)ccc2Br)ncn1. The predicted molar refractivity (Wildman–Crippen MR) is 79.2 cm³/mol. The van der Waals surface area contributed by atoms with E-state index in [4.69, 9.17) is 4.74 Å². The third-order valence-electron chi connectivity index (χ3n) is 2.47. The molecule has 0 aliphatic rings. The van der Waals surface area contributed by atoms with Crippen LogP contribution < -0.4 is 10.1 Å². The number of hydrogen-bond donors (Lipinski definition) is 1. The van der Waals surface area contributed by atoms with E-state index in [0.717, 1.165) is 10.0 Å². The van der Waals surface area contributed by atoms with Gasteiger partial charge in [-0.2, -0.15) is 0 Å². The highest BCUT2D eigenvalue weighted by Gasteiger charge is 2.04. The van der Waals surface area contributed by atoms with Crippen LogP contribution in [0.4, 0.5) is 10.2 Å². The first kappa shape index (κ1) is 14.7. The third kappa shape index (κ3) is 4.16. The summed E-state index contributed by atoms with van der Waals surface area (Å²) < 4.78 is 19.5. The van der Waals surface area contributed by atoms with Crippen molar-refractivity contribution >= 4 is 21.7 Å². The molecule has 0 amide bonds. The minimum atomic E-state index is -0.267. The van der Waals surface area contributed by atoms with Gasteiger partial charge in [-0.25, -0.2) is 14.4 Å². The molecule has 0 atom stereocenters. The van der Waals surface area contributed by atoms with E-state index < -0.39 is 0 Å². The Bertz CT molecular complexity index is 592. The number of aromatic nitrogens is 2. The second kappa shape index (κ2) is 6.65. The number of benzene rings is 1. The van der Waals surface area contributed by atoms with Gasteiger partial charge in [-0.3, -0.25) is 0 Å². The number of anilines is 1. The van der Waals surface area contributed by atoms with Crippen LogP contribution in [0.2, 0.25) is 0 Å². The molecule has 0 saturated carbocycles. The van der Waals surface area contributed by atoms with Crippen molar-refractivity contribution in [3.63, 3.8) is 0 Å². The van der Waals surface area contributed by atoms with E-state index in [2.05, 4.69) is 31.2 Å². The van der Waals surface area contributed by atoms with Crippen molar-refractivity contribution in [3.05, 3.63) is 46.4 Å². The Balaban J connectivity index is 2.05. The van der Waals surface area contributed by atoms with Crippen LogP contribution >= 0.6 is 15.9 Å².